The number of benzene rings is 2. The van der Waals surface area contributed by atoms with Crippen molar-refractivity contribution in [2.45, 2.75) is 26.3 Å². The number of rotatable bonds is 6. The molecule has 0 aliphatic carbocycles. The molecule has 0 spiro atoms. The van der Waals surface area contributed by atoms with Crippen LogP contribution in [0.3, 0.4) is 0 Å². The molecule has 23 heavy (non-hydrogen) atoms. The zero-order valence-electron chi connectivity index (χ0n) is 12.9. The van der Waals surface area contributed by atoms with Crippen LogP contribution in [0.2, 0.25) is 5.02 Å². The zero-order valence-corrected chi connectivity index (χ0v) is 15.3. The first-order chi connectivity index (χ1) is 11.1. The maximum Gasteiger partial charge on any atom is 0.152 e. The van der Waals surface area contributed by atoms with Gasteiger partial charge in [0.1, 0.15) is 0 Å². The summed E-state index contributed by atoms with van der Waals surface area (Å²) < 4.78 is 8.92. The Bertz CT molecular complexity index is 793. The van der Waals surface area contributed by atoms with Gasteiger partial charge in [0.05, 0.1) is 33.5 Å². The van der Waals surface area contributed by atoms with E-state index in [0.29, 0.717) is 11.6 Å². The summed E-state index contributed by atoms with van der Waals surface area (Å²) in [6.07, 6.45) is 3.89. The topological polar surface area (TPSA) is 27.1 Å². The molecule has 0 saturated carbocycles. The first-order valence-corrected chi connectivity index (χ1v) is 8.80. The van der Waals surface area contributed by atoms with Crippen molar-refractivity contribution in [3.8, 4) is 5.75 Å². The minimum Gasteiger partial charge on any atom is -0.491 e. The highest BCUT2D eigenvalue weighted by molar-refractivity contribution is 9.10. The Labute approximate surface area is 149 Å². The zero-order chi connectivity index (χ0) is 16.2. The highest BCUT2D eigenvalue weighted by Crippen LogP contribution is 2.34. The highest BCUT2D eigenvalue weighted by Gasteiger charge is 2.08. The maximum atomic E-state index is 6.23. The van der Waals surface area contributed by atoms with Crippen molar-refractivity contribution < 1.29 is 4.74 Å². The molecule has 0 bridgehead atoms. The molecule has 0 fully saturated rings. The van der Waals surface area contributed by atoms with Gasteiger partial charge in [0.15, 0.2) is 5.75 Å². The standard InChI is InChI=1S/C18H18BrClN2O/c1-13-10-14(19)18(15(20)11-13)23-9-5-4-8-22-12-21-16-6-2-3-7-17(16)22/h2-3,6-7,10-12H,4-5,8-9H2,1H3. The Kier molecular flexibility index (Phi) is 5.23. The lowest BCUT2D eigenvalue weighted by molar-refractivity contribution is 0.302. The van der Waals surface area contributed by atoms with Crippen LogP contribution in [0.1, 0.15) is 18.4 Å². The monoisotopic (exact) mass is 392 g/mol. The largest absolute Gasteiger partial charge is 0.491 e. The Hall–Kier alpha value is -1.52. The molecule has 0 saturated heterocycles. The van der Waals surface area contributed by atoms with Gasteiger partial charge in [0.2, 0.25) is 0 Å². The Morgan fingerprint density at radius 2 is 2.04 bits per heavy atom. The van der Waals surface area contributed by atoms with Crippen molar-refractivity contribution >= 4 is 38.6 Å². The number of imidazole rings is 1. The highest BCUT2D eigenvalue weighted by atomic mass is 79.9. The Balaban J connectivity index is 1.51. The number of unbranched alkanes of at least 4 members (excludes halogenated alkanes) is 1. The van der Waals surface area contributed by atoms with Gasteiger partial charge in [0.25, 0.3) is 0 Å². The number of hydrogen-bond donors (Lipinski definition) is 0. The Morgan fingerprint density at radius 3 is 2.87 bits per heavy atom. The SMILES string of the molecule is Cc1cc(Cl)c(OCCCCn2cnc3ccccc32)c(Br)c1. The van der Waals surface area contributed by atoms with Gasteiger partial charge in [-0.05, 0) is 65.5 Å². The summed E-state index contributed by atoms with van der Waals surface area (Å²) in [6.45, 7) is 3.59. The van der Waals surface area contributed by atoms with Gasteiger partial charge >= 0.3 is 0 Å². The van der Waals surface area contributed by atoms with E-state index in [9.17, 15) is 0 Å². The van der Waals surface area contributed by atoms with Gasteiger partial charge in [-0.15, -0.1) is 0 Å². The summed E-state index contributed by atoms with van der Waals surface area (Å²) in [6, 6.07) is 12.1. The number of fused-ring (bicyclic) bond motifs is 1. The summed E-state index contributed by atoms with van der Waals surface area (Å²) >= 11 is 9.73. The number of halogens is 2. The van der Waals surface area contributed by atoms with Gasteiger partial charge in [-0.3, -0.25) is 0 Å². The molecule has 0 N–H and O–H groups in total. The first-order valence-electron chi connectivity index (χ1n) is 7.63. The smallest absolute Gasteiger partial charge is 0.152 e. The van der Waals surface area contributed by atoms with Gasteiger partial charge in [-0.1, -0.05) is 23.7 Å². The molecule has 0 radical (unpaired) electrons. The van der Waals surface area contributed by atoms with Crippen molar-refractivity contribution in [3.05, 3.63) is 57.8 Å². The van der Waals surface area contributed by atoms with Crippen LogP contribution in [-0.4, -0.2) is 16.2 Å². The third kappa shape index (κ3) is 3.88. The van der Waals surface area contributed by atoms with E-state index in [-0.39, 0.29) is 0 Å². The number of nitrogens with zero attached hydrogens (tertiary/aromatic N) is 2. The van der Waals surface area contributed by atoms with E-state index in [1.165, 1.54) is 5.52 Å². The normalized spacial score (nSPS) is 11.1. The van der Waals surface area contributed by atoms with Crippen LogP contribution in [0.4, 0.5) is 0 Å². The molecule has 0 aliphatic rings. The first kappa shape index (κ1) is 16.3. The van der Waals surface area contributed by atoms with Crippen molar-refractivity contribution in [2.75, 3.05) is 6.61 Å². The number of hydrogen-bond acceptors (Lipinski definition) is 2. The molecule has 5 heteroatoms. The number of aryl methyl sites for hydroxylation is 2. The lowest BCUT2D eigenvalue weighted by Crippen LogP contribution is -2.02. The fourth-order valence-corrected chi connectivity index (χ4v) is 3.70. The van der Waals surface area contributed by atoms with Crippen LogP contribution >= 0.6 is 27.5 Å². The molecule has 1 aromatic heterocycles. The van der Waals surface area contributed by atoms with E-state index in [4.69, 9.17) is 16.3 Å². The number of aromatic nitrogens is 2. The van der Waals surface area contributed by atoms with E-state index in [0.717, 1.165) is 40.7 Å². The predicted octanol–water partition coefficient (Wildman–Crippen LogP) is 5.62. The van der Waals surface area contributed by atoms with E-state index >= 15 is 0 Å². The summed E-state index contributed by atoms with van der Waals surface area (Å²) in [4.78, 5) is 4.40. The van der Waals surface area contributed by atoms with Crippen molar-refractivity contribution in [3.63, 3.8) is 0 Å². The van der Waals surface area contributed by atoms with Crippen LogP contribution in [0.5, 0.6) is 5.75 Å². The molecule has 3 nitrogen and oxygen atoms in total. The lowest BCUT2D eigenvalue weighted by Gasteiger charge is -2.11. The van der Waals surface area contributed by atoms with Crippen LogP contribution in [0.25, 0.3) is 11.0 Å². The third-order valence-corrected chi connectivity index (χ3v) is 4.58. The quantitative estimate of drug-likeness (QED) is 0.508. The van der Waals surface area contributed by atoms with E-state index in [1.54, 1.807) is 0 Å². The van der Waals surface area contributed by atoms with Gasteiger partial charge in [-0.25, -0.2) is 4.98 Å². The minimum absolute atomic E-state index is 0.647. The van der Waals surface area contributed by atoms with Crippen molar-refractivity contribution in [1.82, 2.24) is 9.55 Å². The molecule has 0 unspecified atom stereocenters. The molecular weight excluding hydrogens is 376 g/mol. The van der Waals surface area contributed by atoms with E-state index in [2.05, 4.69) is 31.5 Å². The van der Waals surface area contributed by atoms with E-state index in [1.807, 2.05) is 43.6 Å². The van der Waals surface area contributed by atoms with Crippen LogP contribution in [0, 0.1) is 6.92 Å². The van der Waals surface area contributed by atoms with Gasteiger partial charge in [-0.2, -0.15) is 0 Å². The fraction of sp³-hybridized carbons (Fsp3) is 0.278. The lowest BCUT2D eigenvalue weighted by atomic mass is 10.2. The molecule has 3 rings (SSSR count). The van der Waals surface area contributed by atoms with Crippen molar-refractivity contribution in [2.24, 2.45) is 0 Å². The summed E-state index contributed by atoms with van der Waals surface area (Å²) in [5, 5.41) is 0.650. The minimum atomic E-state index is 0.647. The molecule has 0 amide bonds. The van der Waals surface area contributed by atoms with Crippen molar-refractivity contribution in [1.29, 1.82) is 0 Å². The number of ether oxygens (including phenoxy) is 1. The van der Waals surface area contributed by atoms with E-state index < -0.39 is 0 Å². The summed E-state index contributed by atoms with van der Waals surface area (Å²) in [5.41, 5.74) is 3.33. The molecule has 2 aromatic carbocycles. The molecule has 120 valence electrons. The number of para-hydroxylation sites is 2. The summed E-state index contributed by atoms with van der Waals surface area (Å²) in [5.74, 6) is 0.727. The second kappa shape index (κ2) is 7.37. The second-order valence-electron chi connectivity index (χ2n) is 5.54. The van der Waals surface area contributed by atoms with Gasteiger partial charge < -0.3 is 9.30 Å². The van der Waals surface area contributed by atoms with Gasteiger partial charge in [0, 0.05) is 6.54 Å². The maximum absolute atomic E-state index is 6.23. The molecular formula is C18H18BrClN2O. The molecule has 0 atom stereocenters. The average Bonchev–Trinajstić information content (AvgIpc) is 2.92. The second-order valence-corrected chi connectivity index (χ2v) is 6.80. The molecule has 3 aromatic rings. The predicted molar refractivity (Wildman–Crippen MR) is 98.4 cm³/mol. The molecule has 0 aliphatic heterocycles. The van der Waals surface area contributed by atoms with Crippen LogP contribution in [0.15, 0.2) is 47.2 Å². The third-order valence-electron chi connectivity index (χ3n) is 3.71. The fourth-order valence-electron chi connectivity index (χ4n) is 2.57. The Morgan fingerprint density at radius 1 is 1.22 bits per heavy atom. The van der Waals surface area contributed by atoms with Crippen LogP contribution < -0.4 is 4.74 Å². The molecule has 1 heterocycles. The average molecular weight is 394 g/mol. The van der Waals surface area contributed by atoms with Crippen LogP contribution in [-0.2, 0) is 6.54 Å². The summed E-state index contributed by atoms with van der Waals surface area (Å²) in [7, 11) is 0.